The van der Waals surface area contributed by atoms with Crippen LogP contribution in [0.2, 0.25) is 0 Å². The van der Waals surface area contributed by atoms with E-state index in [0.29, 0.717) is 22.9 Å². The molecule has 1 aromatic heterocycles. The maximum atomic E-state index is 9.62. The molecule has 0 saturated carbocycles. The molecule has 1 aromatic rings. The number of nitrogens with zero attached hydrogens (tertiary/aromatic N) is 1. The molecular weight excluding hydrogens is 190 g/mol. The van der Waals surface area contributed by atoms with E-state index in [-0.39, 0.29) is 0 Å². The molecule has 1 heterocycles. The van der Waals surface area contributed by atoms with Crippen molar-refractivity contribution in [1.29, 1.82) is 0 Å². The molecule has 0 saturated heterocycles. The van der Waals surface area contributed by atoms with E-state index in [1.807, 2.05) is 0 Å². The Hall–Kier alpha value is -1.06. The summed E-state index contributed by atoms with van der Waals surface area (Å²) >= 11 is 5.74. The summed E-state index contributed by atoms with van der Waals surface area (Å²) in [5.74, 6) is 0.452. The summed E-state index contributed by atoms with van der Waals surface area (Å²) in [7, 11) is 0. The average molecular weight is 198 g/mol. The normalized spacial score (nSPS) is 22.5. The number of oxazole rings is 1. The van der Waals surface area contributed by atoms with Crippen LogP contribution in [-0.2, 0) is 0 Å². The molecule has 1 N–H and O–H groups in total. The van der Waals surface area contributed by atoms with Crippen molar-refractivity contribution in [2.75, 3.05) is 0 Å². The van der Waals surface area contributed by atoms with Crippen LogP contribution in [0.3, 0.4) is 0 Å². The molecule has 0 radical (unpaired) electrons. The van der Waals surface area contributed by atoms with Crippen molar-refractivity contribution >= 4 is 17.2 Å². The van der Waals surface area contributed by atoms with Crippen molar-refractivity contribution in [3.8, 4) is 0 Å². The molecule has 0 amide bonds. The molecule has 1 aliphatic carbocycles. The Kier molecular flexibility index (Phi) is 2.20. The van der Waals surface area contributed by atoms with Gasteiger partial charge in [-0.2, -0.15) is 0 Å². The second-order valence-electron chi connectivity index (χ2n) is 2.79. The van der Waals surface area contributed by atoms with Crippen molar-refractivity contribution in [2.45, 2.75) is 12.5 Å². The van der Waals surface area contributed by atoms with Crippen LogP contribution in [0.5, 0.6) is 0 Å². The number of halogens is 1. The van der Waals surface area contributed by atoms with E-state index in [1.54, 1.807) is 18.3 Å². The molecule has 0 bridgehead atoms. The molecule has 1 aliphatic rings. The van der Waals surface area contributed by atoms with Gasteiger partial charge in [-0.1, -0.05) is 11.6 Å². The SMILES string of the molecule is OC1CC(Cl)=CC=C1c1ncco1. The fourth-order valence-electron chi connectivity index (χ4n) is 1.23. The molecule has 4 heteroatoms. The van der Waals surface area contributed by atoms with Crippen LogP contribution in [0.25, 0.3) is 5.57 Å². The third kappa shape index (κ3) is 1.66. The van der Waals surface area contributed by atoms with E-state index in [4.69, 9.17) is 16.0 Å². The average Bonchev–Trinajstić information content (AvgIpc) is 2.56. The van der Waals surface area contributed by atoms with E-state index in [1.165, 1.54) is 6.26 Å². The number of aliphatic hydroxyl groups excluding tert-OH is 1. The molecule has 0 fully saturated rings. The first-order valence-corrected chi connectivity index (χ1v) is 4.29. The number of hydrogen-bond donors (Lipinski definition) is 1. The van der Waals surface area contributed by atoms with Crippen molar-refractivity contribution < 1.29 is 9.52 Å². The zero-order valence-corrected chi connectivity index (χ0v) is 7.53. The highest BCUT2D eigenvalue weighted by atomic mass is 35.5. The highest BCUT2D eigenvalue weighted by Crippen LogP contribution is 2.27. The molecule has 1 atom stereocenters. The van der Waals surface area contributed by atoms with Gasteiger partial charge in [-0.05, 0) is 12.2 Å². The molecule has 13 heavy (non-hydrogen) atoms. The van der Waals surface area contributed by atoms with Gasteiger partial charge in [0.05, 0.1) is 12.3 Å². The first-order chi connectivity index (χ1) is 6.27. The Morgan fingerprint density at radius 1 is 1.54 bits per heavy atom. The lowest BCUT2D eigenvalue weighted by Gasteiger charge is -2.14. The second-order valence-corrected chi connectivity index (χ2v) is 3.28. The summed E-state index contributed by atoms with van der Waals surface area (Å²) in [5, 5.41) is 10.3. The van der Waals surface area contributed by atoms with Crippen molar-refractivity contribution in [2.24, 2.45) is 0 Å². The van der Waals surface area contributed by atoms with Crippen LogP contribution < -0.4 is 0 Å². The summed E-state index contributed by atoms with van der Waals surface area (Å²) < 4.78 is 5.07. The standard InChI is InChI=1S/C9H8ClNO2/c10-6-1-2-7(8(12)5-6)9-11-3-4-13-9/h1-4,8,12H,5H2. The quantitative estimate of drug-likeness (QED) is 0.749. The van der Waals surface area contributed by atoms with Gasteiger partial charge < -0.3 is 9.52 Å². The van der Waals surface area contributed by atoms with E-state index < -0.39 is 6.10 Å². The maximum absolute atomic E-state index is 9.62. The lowest BCUT2D eigenvalue weighted by molar-refractivity contribution is 0.230. The smallest absolute Gasteiger partial charge is 0.224 e. The molecular formula is C9H8ClNO2. The molecule has 68 valence electrons. The lowest BCUT2D eigenvalue weighted by atomic mass is 10.0. The number of aliphatic hydroxyl groups is 1. The van der Waals surface area contributed by atoms with Gasteiger partial charge in [0.2, 0.25) is 5.89 Å². The Labute approximate surface area is 80.3 Å². The topological polar surface area (TPSA) is 46.3 Å². The van der Waals surface area contributed by atoms with E-state index in [9.17, 15) is 5.11 Å². The predicted octanol–water partition coefficient (Wildman–Crippen LogP) is 1.95. The minimum Gasteiger partial charge on any atom is -0.445 e. The van der Waals surface area contributed by atoms with E-state index in [0.717, 1.165) is 0 Å². The maximum Gasteiger partial charge on any atom is 0.224 e. The number of hydrogen-bond acceptors (Lipinski definition) is 3. The lowest BCUT2D eigenvalue weighted by Crippen LogP contribution is -2.12. The van der Waals surface area contributed by atoms with Crippen LogP contribution in [0.15, 0.2) is 34.1 Å². The van der Waals surface area contributed by atoms with E-state index >= 15 is 0 Å². The zero-order chi connectivity index (χ0) is 9.26. The third-order valence-electron chi connectivity index (χ3n) is 1.87. The minimum atomic E-state index is -0.615. The zero-order valence-electron chi connectivity index (χ0n) is 6.77. The van der Waals surface area contributed by atoms with Crippen LogP contribution in [-0.4, -0.2) is 16.2 Å². The van der Waals surface area contributed by atoms with E-state index in [2.05, 4.69) is 4.98 Å². The summed E-state index contributed by atoms with van der Waals surface area (Å²) in [6, 6.07) is 0. The molecule has 0 aliphatic heterocycles. The fraction of sp³-hybridized carbons (Fsp3) is 0.222. The monoisotopic (exact) mass is 197 g/mol. The fourth-order valence-corrected chi connectivity index (χ4v) is 1.44. The largest absolute Gasteiger partial charge is 0.445 e. The number of aromatic nitrogens is 1. The van der Waals surface area contributed by atoms with Crippen LogP contribution in [0, 0.1) is 0 Å². The first kappa shape index (κ1) is 8.53. The van der Waals surface area contributed by atoms with Gasteiger partial charge in [-0.3, -0.25) is 0 Å². The Morgan fingerprint density at radius 3 is 3.00 bits per heavy atom. The van der Waals surface area contributed by atoms with Gasteiger partial charge >= 0.3 is 0 Å². The van der Waals surface area contributed by atoms with Gasteiger partial charge in [0.15, 0.2) is 0 Å². The summed E-state index contributed by atoms with van der Waals surface area (Å²) in [4.78, 5) is 3.95. The first-order valence-electron chi connectivity index (χ1n) is 3.91. The summed E-state index contributed by atoms with van der Waals surface area (Å²) in [6.07, 6.45) is 6.30. The molecule has 0 spiro atoms. The van der Waals surface area contributed by atoms with Crippen molar-refractivity contribution in [1.82, 2.24) is 4.98 Å². The highest BCUT2D eigenvalue weighted by molar-refractivity contribution is 6.30. The van der Waals surface area contributed by atoms with Crippen molar-refractivity contribution in [3.63, 3.8) is 0 Å². The Bertz CT molecular complexity index is 354. The van der Waals surface area contributed by atoms with Crippen LogP contribution >= 0.6 is 11.6 Å². The second kappa shape index (κ2) is 3.36. The van der Waals surface area contributed by atoms with Crippen LogP contribution in [0.4, 0.5) is 0 Å². The van der Waals surface area contributed by atoms with Gasteiger partial charge in [0.1, 0.15) is 6.26 Å². The third-order valence-corrected chi connectivity index (χ3v) is 2.15. The van der Waals surface area contributed by atoms with Crippen molar-refractivity contribution in [3.05, 3.63) is 35.5 Å². The van der Waals surface area contributed by atoms with Crippen LogP contribution in [0.1, 0.15) is 12.3 Å². The summed E-state index contributed by atoms with van der Waals surface area (Å²) in [6.45, 7) is 0. The highest BCUT2D eigenvalue weighted by Gasteiger charge is 2.20. The number of rotatable bonds is 1. The van der Waals surface area contributed by atoms with Gasteiger partial charge in [-0.15, -0.1) is 0 Å². The molecule has 3 nitrogen and oxygen atoms in total. The molecule has 2 rings (SSSR count). The Balaban J connectivity index is 2.34. The number of allylic oxidation sites excluding steroid dienone is 2. The van der Waals surface area contributed by atoms with Gasteiger partial charge in [-0.25, -0.2) is 4.98 Å². The van der Waals surface area contributed by atoms with Gasteiger partial charge in [0, 0.05) is 17.0 Å². The molecule has 1 unspecified atom stereocenters. The minimum absolute atomic E-state index is 0.426. The molecule has 0 aromatic carbocycles. The van der Waals surface area contributed by atoms with Gasteiger partial charge in [0.25, 0.3) is 0 Å². The summed E-state index contributed by atoms with van der Waals surface area (Å²) in [5.41, 5.74) is 0.675. The Morgan fingerprint density at radius 2 is 2.38 bits per heavy atom. The predicted molar refractivity (Wildman–Crippen MR) is 49.0 cm³/mol.